The molecule has 18 heavy (non-hydrogen) atoms. The lowest BCUT2D eigenvalue weighted by atomic mass is 9.98. The van der Waals surface area contributed by atoms with E-state index in [0.29, 0.717) is 5.82 Å². The molecule has 2 nitrogen and oxygen atoms in total. The quantitative estimate of drug-likeness (QED) is 0.695. The standard InChI is InChI=1S/C16H14N2/c1-11-9-15(16(17)18-10-11)14-8-4-6-12-5-2-3-7-13(12)14/h2-10H,1H3,(H2,17,18). The summed E-state index contributed by atoms with van der Waals surface area (Å²) in [5, 5.41) is 2.43. The maximum absolute atomic E-state index is 6.00. The minimum Gasteiger partial charge on any atom is -0.383 e. The van der Waals surface area contributed by atoms with Gasteiger partial charge in [0.15, 0.2) is 0 Å². The first kappa shape index (κ1) is 10.8. The van der Waals surface area contributed by atoms with Crippen LogP contribution in [0.15, 0.2) is 54.7 Å². The van der Waals surface area contributed by atoms with E-state index in [1.807, 2.05) is 19.1 Å². The largest absolute Gasteiger partial charge is 0.383 e. The SMILES string of the molecule is Cc1cnc(N)c(-c2cccc3ccccc23)c1. The van der Waals surface area contributed by atoms with E-state index in [1.165, 1.54) is 10.8 Å². The summed E-state index contributed by atoms with van der Waals surface area (Å²) in [6.07, 6.45) is 1.80. The number of aromatic nitrogens is 1. The number of hydrogen-bond acceptors (Lipinski definition) is 2. The lowest BCUT2D eigenvalue weighted by Gasteiger charge is -2.09. The fourth-order valence-corrected chi connectivity index (χ4v) is 2.26. The summed E-state index contributed by atoms with van der Waals surface area (Å²) < 4.78 is 0. The highest BCUT2D eigenvalue weighted by molar-refractivity contribution is 5.98. The van der Waals surface area contributed by atoms with Crippen molar-refractivity contribution in [3.63, 3.8) is 0 Å². The molecule has 0 aliphatic carbocycles. The van der Waals surface area contributed by atoms with Crippen LogP contribution < -0.4 is 5.73 Å². The van der Waals surface area contributed by atoms with Crippen LogP contribution in [0.2, 0.25) is 0 Å². The van der Waals surface area contributed by atoms with Gasteiger partial charge in [-0.25, -0.2) is 4.98 Å². The van der Waals surface area contributed by atoms with Gasteiger partial charge in [0.1, 0.15) is 5.82 Å². The third-order valence-electron chi connectivity index (χ3n) is 3.14. The van der Waals surface area contributed by atoms with Gasteiger partial charge in [0.2, 0.25) is 0 Å². The average Bonchev–Trinajstić information content (AvgIpc) is 2.41. The maximum atomic E-state index is 6.00. The van der Waals surface area contributed by atoms with Crippen LogP contribution in [0, 0.1) is 6.92 Å². The van der Waals surface area contributed by atoms with Gasteiger partial charge in [-0.2, -0.15) is 0 Å². The molecule has 0 saturated heterocycles. The Morgan fingerprint density at radius 2 is 1.72 bits per heavy atom. The fraction of sp³-hybridized carbons (Fsp3) is 0.0625. The molecule has 88 valence electrons. The van der Waals surface area contributed by atoms with Crippen molar-refractivity contribution in [3.05, 3.63) is 60.3 Å². The number of nitrogens with zero attached hydrogens (tertiary/aromatic N) is 1. The van der Waals surface area contributed by atoms with Crippen LogP contribution in [-0.2, 0) is 0 Å². The molecular formula is C16H14N2. The summed E-state index contributed by atoms with van der Waals surface area (Å²) in [5.41, 5.74) is 9.27. The molecule has 2 N–H and O–H groups in total. The molecule has 2 heteroatoms. The van der Waals surface area contributed by atoms with Gasteiger partial charge in [-0.3, -0.25) is 0 Å². The molecule has 0 bridgehead atoms. The van der Waals surface area contributed by atoms with Crippen molar-refractivity contribution in [1.82, 2.24) is 4.98 Å². The molecule has 0 aliphatic rings. The van der Waals surface area contributed by atoms with Crippen LogP contribution in [0.5, 0.6) is 0 Å². The highest BCUT2D eigenvalue weighted by atomic mass is 14.8. The van der Waals surface area contributed by atoms with Crippen LogP contribution >= 0.6 is 0 Å². The first-order chi connectivity index (χ1) is 8.75. The van der Waals surface area contributed by atoms with Crippen LogP contribution in [0.25, 0.3) is 21.9 Å². The molecule has 3 rings (SSSR count). The molecule has 0 radical (unpaired) electrons. The van der Waals surface area contributed by atoms with E-state index in [2.05, 4.69) is 41.4 Å². The molecule has 3 aromatic rings. The molecular weight excluding hydrogens is 220 g/mol. The van der Waals surface area contributed by atoms with Gasteiger partial charge < -0.3 is 5.73 Å². The number of hydrogen-bond donors (Lipinski definition) is 1. The second kappa shape index (κ2) is 4.15. The van der Waals surface area contributed by atoms with Crippen molar-refractivity contribution in [2.75, 3.05) is 5.73 Å². The van der Waals surface area contributed by atoms with E-state index in [-0.39, 0.29) is 0 Å². The number of rotatable bonds is 1. The van der Waals surface area contributed by atoms with E-state index in [0.717, 1.165) is 16.7 Å². The van der Waals surface area contributed by atoms with E-state index in [4.69, 9.17) is 5.73 Å². The second-order valence-corrected chi connectivity index (χ2v) is 4.47. The van der Waals surface area contributed by atoms with Gasteiger partial charge in [-0.15, -0.1) is 0 Å². The zero-order valence-electron chi connectivity index (χ0n) is 10.2. The summed E-state index contributed by atoms with van der Waals surface area (Å²) in [6, 6.07) is 16.7. The number of benzene rings is 2. The Bertz CT molecular complexity index is 712. The molecule has 0 atom stereocenters. The first-order valence-corrected chi connectivity index (χ1v) is 5.96. The number of nitrogens with two attached hydrogens (primary N) is 1. The molecule has 0 spiro atoms. The van der Waals surface area contributed by atoms with Gasteiger partial charge in [-0.05, 0) is 34.9 Å². The molecule has 0 fully saturated rings. The second-order valence-electron chi connectivity index (χ2n) is 4.47. The number of anilines is 1. The number of fused-ring (bicyclic) bond motifs is 1. The minimum atomic E-state index is 0.581. The monoisotopic (exact) mass is 234 g/mol. The Balaban J connectivity index is 2.35. The van der Waals surface area contributed by atoms with E-state index in [9.17, 15) is 0 Å². The van der Waals surface area contributed by atoms with Crippen molar-refractivity contribution >= 4 is 16.6 Å². The van der Waals surface area contributed by atoms with E-state index < -0.39 is 0 Å². The smallest absolute Gasteiger partial charge is 0.131 e. The highest BCUT2D eigenvalue weighted by Gasteiger charge is 2.07. The van der Waals surface area contributed by atoms with E-state index in [1.54, 1.807) is 6.20 Å². The summed E-state index contributed by atoms with van der Waals surface area (Å²) in [6.45, 7) is 2.03. The van der Waals surface area contributed by atoms with Crippen molar-refractivity contribution in [1.29, 1.82) is 0 Å². The van der Waals surface area contributed by atoms with Gasteiger partial charge in [0.05, 0.1) is 0 Å². The summed E-state index contributed by atoms with van der Waals surface area (Å²) in [4.78, 5) is 4.24. The van der Waals surface area contributed by atoms with Gasteiger partial charge in [0.25, 0.3) is 0 Å². The molecule has 2 aromatic carbocycles. The minimum absolute atomic E-state index is 0.581. The molecule has 0 aliphatic heterocycles. The highest BCUT2D eigenvalue weighted by Crippen LogP contribution is 2.31. The Morgan fingerprint density at radius 1 is 0.944 bits per heavy atom. The van der Waals surface area contributed by atoms with Crippen LogP contribution in [0.3, 0.4) is 0 Å². The number of pyridine rings is 1. The van der Waals surface area contributed by atoms with Crippen molar-refractivity contribution in [2.24, 2.45) is 0 Å². The van der Waals surface area contributed by atoms with Gasteiger partial charge in [-0.1, -0.05) is 42.5 Å². The predicted octanol–water partition coefficient (Wildman–Crippen LogP) is 3.79. The first-order valence-electron chi connectivity index (χ1n) is 5.96. The maximum Gasteiger partial charge on any atom is 0.131 e. The van der Waals surface area contributed by atoms with Crippen LogP contribution in [0.4, 0.5) is 5.82 Å². The summed E-state index contributed by atoms with van der Waals surface area (Å²) >= 11 is 0. The predicted molar refractivity (Wildman–Crippen MR) is 76.3 cm³/mol. The molecule has 0 saturated carbocycles. The average molecular weight is 234 g/mol. The Morgan fingerprint density at radius 3 is 2.61 bits per heavy atom. The third-order valence-corrected chi connectivity index (χ3v) is 3.14. The van der Waals surface area contributed by atoms with Gasteiger partial charge in [0, 0.05) is 11.8 Å². The lowest BCUT2D eigenvalue weighted by molar-refractivity contribution is 1.28. The number of aryl methyl sites for hydroxylation is 1. The molecule has 1 aromatic heterocycles. The van der Waals surface area contributed by atoms with Crippen LogP contribution in [0.1, 0.15) is 5.56 Å². The van der Waals surface area contributed by atoms with Crippen molar-refractivity contribution < 1.29 is 0 Å². The summed E-state index contributed by atoms with van der Waals surface area (Å²) in [7, 11) is 0. The third kappa shape index (κ3) is 1.72. The van der Waals surface area contributed by atoms with Crippen molar-refractivity contribution in [3.8, 4) is 11.1 Å². The van der Waals surface area contributed by atoms with Gasteiger partial charge >= 0.3 is 0 Å². The van der Waals surface area contributed by atoms with Crippen molar-refractivity contribution in [2.45, 2.75) is 6.92 Å². The molecule has 1 heterocycles. The zero-order valence-corrected chi connectivity index (χ0v) is 10.2. The number of nitrogen functional groups attached to an aromatic ring is 1. The lowest BCUT2D eigenvalue weighted by Crippen LogP contribution is -1.95. The topological polar surface area (TPSA) is 38.9 Å². The summed E-state index contributed by atoms with van der Waals surface area (Å²) in [5.74, 6) is 0.581. The molecule has 0 amide bonds. The Hall–Kier alpha value is -2.35. The molecule has 0 unspecified atom stereocenters. The normalized spacial score (nSPS) is 10.7. The fourth-order valence-electron chi connectivity index (χ4n) is 2.26. The Labute approximate surface area is 106 Å². The zero-order chi connectivity index (χ0) is 12.5. The van der Waals surface area contributed by atoms with E-state index >= 15 is 0 Å². The van der Waals surface area contributed by atoms with Crippen LogP contribution in [-0.4, -0.2) is 4.98 Å². The Kier molecular flexibility index (Phi) is 2.49.